The molecule has 3 rings (SSSR count). The Hall–Kier alpha value is -2.03. The number of benzene rings is 1. The van der Waals surface area contributed by atoms with Crippen LogP contribution in [0.2, 0.25) is 0 Å². The molecule has 1 aromatic carbocycles. The van der Waals surface area contributed by atoms with Gasteiger partial charge in [0.05, 0.1) is 7.11 Å². The van der Waals surface area contributed by atoms with Gasteiger partial charge in [-0.25, -0.2) is 4.98 Å². The second-order valence-electron chi connectivity index (χ2n) is 6.12. The van der Waals surface area contributed by atoms with Crippen molar-refractivity contribution in [1.29, 1.82) is 0 Å². The quantitative estimate of drug-likeness (QED) is 0.856. The molecule has 0 radical (unpaired) electrons. The molecular weight excluding hydrogens is 272 g/mol. The van der Waals surface area contributed by atoms with E-state index in [0.29, 0.717) is 0 Å². The Morgan fingerprint density at radius 3 is 2.45 bits per heavy atom. The zero-order chi connectivity index (χ0) is 15.4. The van der Waals surface area contributed by atoms with Gasteiger partial charge in [0.1, 0.15) is 11.6 Å². The molecule has 0 atom stereocenters. The highest BCUT2D eigenvalue weighted by molar-refractivity contribution is 5.39. The first-order valence-electron chi connectivity index (χ1n) is 8.06. The number of ether oxygens (including phenoxy) is 1. The average molecular weight is 296 g/mol. The van der Waals surface area contributed by atoms with Gasteiger partial charge in [0.15, 0.2) is 0 Å². The van der Waals surface area contributed by atoms with Crippen molar-refractivity contribution >= 4 is 5.82 Å². The number of anilines is 1. The van der Waals surface area contributed by atoms with Crippen LogP contribution in [0.15, 0.2) is 42.5 Å². The summed E-state index contributed by atoms with van der Waals surface area (Å²) < 4.78 is 5.22. The molecule has 22 heavy (non-hydrogen) atoms. The number of hydrogen-bond donors (Lipinski definition) is 0. The standard InChI is InChI=1S/C19H24N2O/c1-15-4-3-5-19(20-15)21-12-10-17(11-13-21)14-16-6-8-18(22-2)9-7-16/h3-9,17H,10-14H2,1-2H3. The molecule has 1 aromatic heterocycles. The monoisotopic (exact) mass is 296 g/mol. The molecule has 1 aliphatic heterocycles. The summed E-state index contributed by atoms with van der Waals surface area (Å²) in [4.78, 5) is 7.05. The molecule has 1 fully saturated rings. The minimum absolute atomic E-state index is 0.773. The summed E-state index contributed by atoms with van der Waals surface area (Å²) in [7, 11) is 1.71. The Morgan fingerprint density at radius 1 is 1.09 bits per heavy atom. The molecule has 0 aliphatic carbocycles. The Kier molecular flexibility index (Phi) is 4.62. The normalized spacial score (nSPS) is 15.8. The summed E-state index contributed by atoms with van der Waals surface area (Å²) in [5.41, 5.74) is 2.51. The number of pyridine rings is 1. The predicted molar refractivity (Wildman–Crippen MR) is 90.6 cm³/mol. The molecule has 2 heterocycles. The van der Waals surface area contributed by atoms with E-state index in [2.05, 4.69) is 59.3 Å². The van der Waals surface area contributed by atoms with Gasteiger partial charge >= 0.3 is 0 Å². The molecule has 3 heteroatoms. The van der Waals surface area contributed by atoms with Crippen LogP contribution in [-0.4, -0.2) is 25.2 Å². The van der Waals surface area contributed by atoms with Gasteiger partial charge in [-0.15, -0.1) is 0 Å². The molecule has 1 saturated heterocycles. The van der Waals surface area contributed by atoms with E-state index in [-0.39, 0.29) is 0 Å². The highest BCUT2D eigenvalue weighted by atomic mass is 16.5. The smallest absolute Gasteiger partial charge is 0.128 e. The van der Waals surface area contributed by atoms with Crippen LogP contribution in [0.4, 0.5) is 5.82 Å². The molecule has 0 unspecified atom stereocenters. The molecule has 0 saturated carbocycles. The second kappa shape index (κ2) is 6.82. The van der Waals surface area contributed by atoms with Crippen LogP contribution in [0.5, 0.6) is 5.75 Å². The van der Waals surface area contributed by atoms with Crippen molar-refractivity contribution in [2.75, 3.05) is 25.1 Å². The van der Waals surface area contributed by atoms with E-state index in [1.54, 1.807) is 7.11 Å². The molecule has 0 spiro atoms. The lowest BCUT2D eigenvalue weighted by Crippen LogP contribution is -2.34. The van der Waals surface area contributed by atoms with Crippen LogP contribution in [-0.2, 0) is 6.42 Å². The van der Waals surface area contributed by atoms with Gasteiger partial charge in [0, 0.05) is 18.8 Å². The topological polar surface area (TPSA) is 25.4 Å². The first kappa shape index (κ1) is 14.9. The zero-order valence-electron chi connectivity index (χ0n) is 13.5. The van der Waals surface area contributed by atoms with E-state index < -0.39 is 0 Å². The SMILES string of the molecule is COc1ccc(CC2CCN(c3cccc(C)n3)CC2)cc1. The van der Waals surface area contributed by atoms with Crippen LogP contribution in [0.1, 0.15) is 24.1 Å². The molecule has 3 nitrogen and oxygen atoms in total. The lowest BCUT2D eigenvalue weighted by Gasteiger charge is -2.33. The largest absolute Gasteiger partial charge is 0.497 e. The molecular formula is C19H24N2O. The third kappa shape index (κ3) is 3.59. The summed E-state index contributed by atoms with van der Waals surface area (Å²) in [6.07, 6.45) is 3.64. The van der Waals surface area contributed by atoms with Crippen LogP contribution in [0.3, 0.4) is 0 Å². The number of rotatable bonds is 4. The number of nitrogens with zero attached hydrogens (tertiary/aromatic N) is 2. The number of hydrogen-bond acceptors (Lipinski definition) is 3. The minimum Gasteiger partial charge on any atom is -0.497 e. The molecule has 116 valence electrons. The van der Waals surface area contributed by atoms with E-state index in [9.17, 15) is 0 Å². The van der Waals surface area contributed by atoms with Crippen molar-refractivity contribution in [3.63, 3.8) is 0 Å². The highest BCUT2D eigenvalue weighted by Crippen LogP contribution is 2.25. The van der Waals surface area contributed by atoms with Crippen LogP contribution in [0, 0.1) is 12.8 Å². The lowest BCUT2D eigenvalue weighted by atomic mass is 9.90. The number of aryl methyl sites for hydroxylation is 1. The van der Waals surface area contributed by atoms with Crippen molar-refractivity contribution in [2.24, 2.45) is 5.92 Å². The van der Waals surface area contributed by atoms with E-state index in [1.165, 1.54) is 24.8 Å². The maximum atomic E-state index is 5.22. The maximum Gasteiger partial charge on any atom is 0.128 e. The third-order valence-corrected chi connectivity index (χ3v) is 4.50. The van der Waals surface area contributed by atoms with Crippen molar-refractivity contribution < 1.29 is 4.74 Å². The fourth-order valence-electron chi connectivity index (χ4n) is 3.17. The average Bonchev–Trinajstić information content (AvgIpc) is 2.56. The molecule has 0 amide bonds. The fourth-order valence-corrected chi connectivity index (χ4v) is 3.17. The van der Waals surface area contributed by atoms with E-state index in [4.69, 9.17) is 4.74 Å². The molecule has 0 N–H and O–H groups in total. The highest BCUT2D eigenvalue weighted by Gasteiger charge is 2.20. The van der Waals surface area contributed by atoms with Gasteiger partial charge in [0.2, 0.25) is 0 Å². The van der Waals surface area contributed by atoms with Gasteiger partial charge in [-0.3, -0.25) is 0 Å². The van der Waals surface area contributed by atoms with Gasteiger partial charge in [0.25, 0.3) is 0 Å². The van der Waals surface area contributed by atoms with Crippen LogP contribution < -0.4 is 9.64 Å². The Balaban J connectivity index is 1.55. The number of piperidine rings is 1. The van der Waals surface area contributed by atoms with E-state index >= 15 is 0 Å². The predicted octanol–water partition coefficient (Wildman–Crippen LogP) is 3.86. The Bertz CT molecular complexity index is 601. The van der Waals surface area contributed by atoms with Crippen LogP contribution in [0.25, 0.3) is 0 Å². The summed E-state index contributed by atoms with van der Waals surface area (Å²) in [6.45, 7) is 4.27. The summed E-state index contributed by atoms with van der Waals surface area (Å²) in [5, 5.41) is 0. The molecule has 0 bridgehead atoms. The van der Waals surface area contributed by atoms with E-state index in [1.807, 2.05) is 0 Å². The number of methoxy groups -OCH3 is 1. The van der Waals surface area contributed by atoms with Crippen molar-refractivity contribution in [1.82, 2.24) is 4.98 Å². The van der Waals surface area contributed by atoms with Crippen molar-refractivity contribution in [3.05, 3.63) is 53.7 Å². The zero-order valence-corrected chi connectivity index (χ0v) is 13.5. The second-order valence-corrected chi connectivity index (χ2v) is 6.12. The van der Waals surface area contributed by atoms with Gasteiger partial charge in [-0.05, 0) is 61.9 Å². The van der Waals surface area contributed by atoms with Crippen molar-refractivity contribution in [2.45, 2.75) is 26.2 Å². The van der Waals surface area contributed by atoms with Crippen LogP contribution >= 0.6 is 0 Å². The third-order valence-electron chi connectivity index (χ3n) is 4.50. The summed E-state index contributed by atoms with van der Waals surface area (Å²) in [5.74, 6) is 2.83. The lowest BCUT2D eigenvalue weighted by molar-refractivity contribution is 0.400. The van der Waals surface area contributed by atoms with Gasteiger partial charge < -0.3 is 9.64 Å². The molecule has 1 aliphatic rings. The first-order chi connectivity index (χ1) is 10.7. The Labute approximate surface area is 132 Å². The summed E-state index contributed by atoms with van der Waals surface area (Å²) in [6, 6.07) is 14.8. The number of aromatic nitrogens is 1. The molecule has 2 aromatic rings. The minimum atomic E-state index is 0.773. The Morgan fingerprint density at radius 2 is 1.82 bits per heavy atom. The fraction of sp³-hybridized carbons (Fsp3) is 0.421. The van der Waals surface area contributed by atoms with Crippen molar-refractivity contribution in [3.8, 4) is 5.75 Å². The van der Waals surface area contributed by atoms with Gasteiger partial charge in [-0.1, -0.05) is 18.2 Å². The first-order valence-corrected chi connectivity index (χ1v) is 8.06. The van der Waals surface area contributed by atoms with E-state index in [0.717, 1.165) is 36.3 Å². The maximum absolute atomic E-state index is 5.22. The summed E-state index contributed by atoms with van der Waals surface area (Å²) >= 11 is 0. The van der Waals surface area contributed by atoms with Gasteiger partial charge in [-0.2, -0.15) is 0 Å².